The van der Waals surface area contributed by atoms with Gasteiger partial charge in [-0.3, -0.25) is 4.79 Å². The standard InChI is InChI=1S/C10H19NO6S2/c1-8(2)6-19(16,17)11-3-4-18(14,15)7-9(11)5-10(12)13/h8-9H,3-7H2,1-2H3,(H,12,13). The summed E-state index contributed by atoms with van der Waals surface area (Å²) in [6.07, 6.45) is -0.490. The summed E-state index contributed by atoms with van der Waals surface area (Å²) < 4.78 is 48.4. The number of aliphatic carboxylic acids is 1. The molecular weight excluding hydrogens is 294 g/mol. The van der Waals surface area contributed by atoms with Crippen molar-refractivity contribution in [2.75, 3.05) is 23.8 Å². The summed E-state index contributed by atoms with van der Waals surface area (Å²) in [5, 5.41) is 8.79. The Kier molecular flexibility index (Phi) is 4.97. The summed E-state index contributed by atoms with van der Waals surface area (Å²) in [6.45, 7) is 3.32. The van der Waals surface area contributed by atoms with Crippen molar-refractivity contribution >= 4 is 25.8 Å². The molecule has 1 atom stereocenters. The predicted octanol–water partition coefficient (Wildman–Crippen LogP) is -0.454. The minimum atomic E-state index is -3.62. The van der Waals surface area contributed by atoms with Crippen molar-refractivity contribution in [1.82, 2.24) is 4.31 Å². The first-order valence-electron chi connectivity index (χ1n) is 5.95. The number of rotatable bonds is 5. The number of carboxylic acid groups (broad SMARTS) is 1. The van der Waals surface area contributed by atoms with Gasteiger partial charge in [-0.25, -0.2) is 16.8 Å². The molecule has 0 radical (unpaired) electrons. The second kappa shape index (κ2) is 5.76. The van der Waals surface area contributed by atoms with E-state index in [4.69, 9.17) is 5.11 Å². The van der Waals surface area contributed by atoms with E-state index in [0.29, 0.717) is 0 Å². The molecule has 1 unspecified atom stereocenters. The van der Waals surface area contributed by atoms with Crippen LogP contribution in [0.1, 0.15) is 20.3 Å². The molecule has 1 heterocycles. The van der Waals surface area contributed by atoms with Gasteiger partial charge in [0.25, 0.3) is 0 Å². The van der Waals surface area contributed by atoms with Gasteiger partial charge >= 0.3 is 5.97 Å². The van der Waals surface area contributed by atoms with E-state index >= 15 is 0 Å². The highest BCUT2D eigenvalue weighted by atomic mass is 32.2. The zero-order valence-electron chi connectivity index (χ0n) is 10.9. The van der Waals surface area contributed by atoms with Crippen LogP contribution >= 0.6 is 0 Å². The van der Waals surface area contributed by atoms with Gasteiger partial charge in [-0.1, -0.05) is 13.8 Å². The van der Waals surface area contributed by atoms with Crippen molar-refractivity contribution < 1.29 is 26.7 Å². The van der Waals surface area contributed by atoms with Crippen LogP contribution in [-0.4, -0.2) is 62.1 Å². The lowest BCUT2D eigenvalue weighted by atomic mass is 10.2. The largest absolute Gasteiger partial charge is 0.481 e. The lowest BCUT2D eigenvalue weighted by Gasteiger charge is -2.34. The highest BCUT2D eigenvalue weighted by Gasteiger charge is 2.39. The zero-order chi connectivity index (χ0) is 14.8. The minimum Gasteiger partial charge on any atom is -0.481 e. The SMILES string of the molecule is CC(C)CS(=O)(=O)N1CCS(=O)(=O)CC1CC(=O)O. The van der Waals surface area contributed by atoms with Gasteiger partial charge in [0, 0.05) is 12.6 Å². The summed E-state index contributed by atoms with van der Waals surface area (Å²) in [4.78, 5) is 10.8. The fraction of sp³-hybridized carbons (Fsp3) is 0.900. The van der Waals surface area contributed by atoms with Crippen LogP contribution in [0.4, 0.5) is 0 Å². The number of sulfone groups is 1. The fourth-order valence-corrected chi connectivity index (χ4v) is 5.86. The molecule has 7 nitrogen and oxygen atoms in total. The van der Waals surface area contributed by atoms with E-state index in [-0.39, 0.29) is 24.0 Å². The Morgan fingerprint density at radius 1 is 1.42 bits per heavy atom. The molecule has 1 rings (SSSR count). The van der Waals surface area contributed by atoms with Crippen molar-refractivity contribution in [2.24, 2.45) is 5.92 Å². The van der Waals surface area contributed by atoms with Crippen molar-refractivity contribution in [1.29, 1.82) is 0 Å². The molecule has 0 aromatic rings. The summed E-state index contributed by atoms with van der Waals surface area (Å²) in [7, 11) is -6.99. The van der Waals surface area contributed by atoms with E-state index in [1.807, 2.05) is 0 Å². The molecule has 0 bridgehead atoms. The van der Waals surface area contributed by atoms with Crippen molar-refractivity contribution in [2.45, 2.75) is 26.3 Å². The van der Waals surface area contributed by atoms with Crippen LogP contribution in [0, 0.1) is 5.92 Å². The van der Waals surface area contributed by atoms with Gasteiger partial charge < -0.3 is 5.11 Å². The number of nitrogens with zero attached hydrogens (tertiary/aromatic N) is 1. The monoisotopic (exact) mass is 313 g/mol. The number of sulfonamides is 1. The summed E-state index contributed by atoms with van der Waals surface area (Å²) >= 11 is 0. The second-order valence-electron chi connectivity index (χ2n) is 5.15. The topological polar surface area (TPSA) is 109 Å². The average molecular weight is 313 g/mol. The molecule has 1 saturated heterocycles. The Bertz CT molecular complexity index is 536. The molecule has 0 saturated carbocycles. The van der Waals surface area contributed by atoms with Crippen LogP contribution in [0.5, 0.6) is 0 Å². The van der Waals surface area contributed by atoms with Gasteiger partial charge in [-0.15, -0.1) is 0 Å². The molecule has 19 heavy (non-hydrogen) atoms. The van der Waals surface area contributed by atoms with Crippen LogP contribution in [-0.2, 0) is 24.7 Å². The fourth-order valence-electron chi connectivity index (χ4n) is 2.12. The molecule has 0 aliphatic carbocycles. The summed E-state index contributed by atoms with van der Waals surface area (Å²) in [5.41, 5.74) is 0. The summed E-state index contributed by atoms with van der Waals surface area (Å²) in [5.74, 6) is -2.08. The van der Waals surface area contributed by atoms with Gasteiger partial charge in [-0.05, 0) is 5.92 Å². The molecule has 0 aromatic carbocycles. The lowest BCUT2D eigenvalue weighted by Crippen LogP contribution is -2.52. The Balaban J connectivity index is 3.00. The highest BCUT2D eigenvalue weighted by molar-refractivity contribution is 7.92. The van der Waals surface area contributed by atoms with Gasteiger partial charge in [0.05, 0.1) is 23.7 Å². The lowest BCUT2D eigenvalue weighted by molar-refractivity contribution is -0.137. The smallest absolute Gasteiger partial charge is 0.305 e. The van der Waals surface area contributed by atoms with Crippen molar-refractivity contribution in [3.63, 3.8) is 0 Å². The molecule has 112 valence electrons. The van der Waals surface area contributed by atoms with E-state index < -0.39 is 44.0 Å². The maximum atomic E-state index is 12.1. The molecule has 9 heteroatoms. The van der Waals surface area contributed by atoms with Crippen LogP contribution < -0.4 is 0 Å². The Morgan fingerprint density at radius 2 is 2.00 bits per heavy atom. The first-order chi connectivity index (χ1) is 8.53. The van der Waals surface area contributed by atoms with Crippen LogP contribution in [0.25, 0.3) is 0 Å². The number of hydrogen-bond donors (Lipinski definition) is 1. The molecule has 1 aliphatic heterocycles. The predicted molar refractivity (Wildman–Crippen MR) is 70.0 cm³/mol. The molecule has 1 N–H and O–H groups in total. The van der Waals surface area contributed by atoms with E-state index in [0.717, 1.165) is 4.31 Å². The van der Waals surface area contributed by atoms with Crippen molar-refractivity contribution in [3.8, 4) is 0 Å². The highest BCUT2D eigenvalue weighted by Crippen LogP contribution is 2.20. The van der Waals surface area contributed by atoms with Gasteiger partial charge in [-0.2, -0.15) is 4.31 Å². The van der Waals surface area contributed by atoms with E-state index in [9.17, 15) is 21.6 Å². The van der Waals surface area contributed by atoms with E-state index in [1.165, 1.54) is 0 Å². The second-order valence-corrected chi connectivity index (χ2v) is 9.34. The van der Waals surface area contributed by atoms with Crippen LogP contribution in [0.3, 0.4) is 0 Å². The zero-order valence-corrected chi connectivity index (χ0v) is 12.6. The molecule has 0 aromatic heterocycles. The maximum absolute atomic E-state index is 12.1. The van der Waals surface area contributed by atoms with E-state index in [2.05, 4.69) is 0 Å². The van der Waals surface area contributed by atoms with Gasteiger partial charge in [0.1, 0.15) is 0 Å². The van der Waals surface area contributed by atoms with Crippen molar-refractivity contribution in [3.05, 3.63) is 0 Å². The normalized spacial score (nSPS) is 24.5. The first-order valence-corrected chi connectivity index (χ1v) is 9.38. The van der Waals surface area contributed by atoms with Gasteiger partial charge in [0.2, 0.25) is 10.0 Å². The Labute approximate surface area is 113 Å². The van der Waals surface area contributed by atoms with E-state index in [1.54, 1.807) is 13.8 Å². The average Bonchev–Trinajstić information content (AvgIpc) is 2.11. The minimum absolute atomic E-state index is 0.103. The molecular formula is C10H19NO6S2. The summed E-state index contributed by atoms with van der Waals surface area (Å²) in [6, 6.07) is -1.00. The Hall–Kier alpha value is -0.670. The molecule has 1 aliphatic rings. The third kappa shape index (κ3) is 4.73. The third-order valence-electron chi connectivity index (χ3n) is 2.79. The molecule has 0 amide bonds. The van der Waals surface area contributed by atoms with Crippen LogP contribution in [0.2, 0.25) is 0 Å². The third-order valence-corrected chi connectivity index (χ3v) is 6.77. The van der Waals surface area contributed by atoms with Crippen LogP contribution in [0.15, 0.2) is 0 Å². The number of carboxylic acids is 1. The molecule has 0 spiro atoms. The Morgan fingerprint density at radius 3 is 2.47 bits per heavy atom. The quantitative estimate of drug-likeness (QED) is 0.736. The first kappa shape index (κ1) is 16.4. The molecule has 1 fully saturated rings. The maximum Gasteiger partial charge on any atom is 0.305 e. The number of hydrogen-bond acceptors (Lipinski definition) is 5. The van der Waals surface area contributed by atoms with Gasteiger partial charge in [0.15, 0.2) is 9.84 Å². The number of carbonyl (C=O) groups is 1.